The standard InChI is InChI=1S/C15H19NO5/c1-4-8-21-12-7-6-11(9-13(12)20-3)15(19)16(5-2)10-14(17)18/h4,6-7,9H,1,5,8,10H2,2-3H3,(H,17,18). The summed E-state index contributed by atoms with van der Waals surface area (Å²) >= 11 is 0. The molecule has 0 fully saturated rings. The highest BCUT2D eigenvalue weighted by Gasteiger charge is 2.18. The third kappa shape index (κ3) is 4.52. The molecular formula is C15H19NO5. The highest BCUT2D eigenvalue weighted by atomic mass is 16.5. The summed E-state index contributed by atoms with van der Waals surface area (Å²) in [7, 11) is 1.47. The Labute approximate surface area is 123 Å². The Kier molecular flexibility index (Phi) is 6.26. The average molecular weight is 293 g/mol. The van der Waals surface area contributed by atoms with E-state index in [-0.39, 0.29) is 12.5 Å². The summed E-state index contributed by atoms with van der Waals surface area (Å²) in [4.78, 5) is 24.2. The molecule has 6 heteroatoms. The minimum absolute atomic E-state index is 0.308. The van der Waals surface area contributed by atoms with Gasteiger partial charge >= 0.3 is 5.97 Å². The van der Waals surface area contributed by atoms with Gasteiger partial charge in [-0.25, -0.2) is 0 Å². The zero-order chi connectivity index (χ0) is 15.8. The van der Waals surface area contributed by atoms with Gasteiger partial charge in [-0.15, -0.1) is 0 Å². The maximum Gasteiger partial charge on any atom is 0.323 e. The predicted molar refractivity (Wildman–Crippen MR) is 77.9 cm³/mol. The van der Waals surface area contributed by atoms with E-state index in [1.165, 1.54) is 18.1 Å². The number of ether oxygens (including phenoxy) is 2. The second-order valence-corrected chi connectivity index (χ2v) is 4.18. The lowest BCUT2D eigenvalue weighted by Crippen LogP contribution is -2.35. The van der Waals surface area contributed by atoms with Gasteiger partial charge in [0.15, 0.2) is 11.5 Å². The van der Waals surface area contributed by atoms with Gasteiger partial charge in [0.1, 0.15) is 13.2 Å². The van der Waals surface area contributed by atoms with Crippen LogP contribution in [0.25, 0.3) is 0 Å². The number of hydrogen-bond donors (Lipinski definition) is 1. The Balaban J connectivity index is 2.99. The van der Waals surface area contributed by atoms with E-state index < -0.39 is 5.97 Å². The molecule has 0 saturated heterocycles. The molecule has 0 atom stereocenters. The molecule has 0 radical (unpaired) electrons. The van der Waals surface area contributed by atoms with E-state index in [9.17, 15) is 9.59 Å². The van der Waals surface area contributed by atoms with Crippen LogP contribution in [-0.2, 0) is 4.79 Å². The van der Waals surface area contributed by atoms with Crippen LogP contribution in [0.5, 0.6) is 11.5 Å². The molecule has 114 valence electrons. The molecule has 0 bridgehead atoms. The van der Waals surface area contributed by atoms with Crippen LogP contribution in [0.2, 0.25) is 0 Å². The number of amides is 1. The normalized spacial score (nSPS) is 9.81. The van der Waals surface area contributed by atoms with E-state index in [1.807, 2.05) is 0 Å². The van der Waals surface area contributed by atoms with E-state index in [2.05, 4.69) is 6.58 Å². The van der Waals surface area contributed by atoms with Crippen molar-refractivity contribution in [2.24, 2.45) is 0 Å². The van der Waals surface area contributed by atoms with Gasteiger partial charge < -0.3 is 19.5 Å². The van der Waals surface area contributed by atoms with Crippen molar-refractivity contribution < 1.29 is 24.2 Å². The van der Waals surface area contributed by atoms with Crippen LogP contribution in [-0.4, -0.2) is 48.7 Å². The van der Waals surface area contributed by atoms with Crippen LogP contribution >= 0.6 is 0 Å². The third-order valence-corrected chi connectivity index (χ3v) is 2.76. The van der Waals surface area contributed by atoms with Gasteiger partial charge in [-0.1, -0.05) is 12.7 Å². The molecule has 21 heavy (non-hydrogen) atoms. The molecule has 1 rings (SSSR count). The quantitative estimate of drug-likeness (QED) is 0.740. The Morgan fingerprint density at radius 3 is 2.62 bits per heavy atom. The van der Waals surface area contributed by atoms with Gasteiger partial charge in [0, 0.05) is 12.1 Å². The van der Waals surface area contributed by atoms with E-state index in [0.29, 0.717) is 30.2 Å². The molecule has 0 aliphatic carbocycles. The second-order valence-electron chi connectivity index (χ2n) is 4.18. The van der Waals surface area contributed by atoms with Gasteiger partial charge in [0.05, 0.1) is 7.11 Å². The maximum absolute atomic E-state index is 12.3. The van der Waals surface area contributed by atoms with E-state index in [0.717, 1.165) is 0 Å². The number of nitrogens with zero attached hydrogens (tertiary/aromatic N) is 1. The van der Waals surface area contributed by atoms with Gasteiger partial charge in [0.25, 0.3) is 5.91 Å². The van der Waals surface area contributed by atoms with Crippen molar-refractivity contribution in [3.05, 3.63) is 36.4 Å². The Bertz CT molecular complexity index is 527. The van der Waals surface area contributed by atoms with Crippen molar-refractivity contribution in [2.75, 3.05) is 26.8 Å². The molecule has 1 aromatic carbocycles. The monoisotopic (exact) mass is 293 g/mol. The fraction of sp³-hybridized carbons (Fsp3) is 0.333. The second kappa shape index (κ2) is 7.94. The van der Waals surface area contributed by atoms with Gasteiger partial charge in [-0.05, 0) is 25.1 Å². The lowest BCUT2D eigenvalue weighted by atomic mass is 10.1. The number of aliphatic carboxylic acids is 1. The maximum atomic E-state index is 12.3. The lowest BCUT2D eigenvalue weighted by molar-refractivity contribution is -0.137. The van der Waals surface area contributed by atoms with E-state index in [4.69, 9.17) is 14.6 Å². The third-order valence-electron chi connectivity index (χ3n) is 2.76. The van der Waals surface area contributed by atoms with Crippen LogP contribution in [0.1, 0.15) is 17.3 Å². The van der Waals surface area contributed by atoms with E-state index >= 15 is 0 Å². The SMILES string of the molecule is C=CCOc1ccc(C(=O)N(CC)CC(=O)O)cc1OC. The molecule has 0 aromatic heterocycles. The molecule has 0 aliphatic rings. The molecule has 0 unspecified atom stereocenters. The molecular weight excluding hydrogens is 274 g/mol. The Morgan fingerprint density at radius 2 is 2.10 bits per heavy atom. The van der Waals surface area contributed by atoms with Crippen LogP contribution in [0.3, 0.4) is 0 Å². The first-order chi connectivity index (χ1) is 10.0. The number of benzene rings is 1. The predicted octanol–water partition coefficient (Wildman–Crippen LogP) is 1.81. The number of hydrogen-bond acceptors (Lipinski definition) is 4. The topological polar surface area (TPSA) is 76.1 Å². The zero-order valence-corrected chi connectivity index (χ0v) is 12.2. The molecule has 6 nitrogen and oxygen atoms in total. The molecule has 0 aliphatic heterocycles. The number of carbonyl (C=O) groups excluding carboxylic acids is 1. The number of carboxylic acids is 1. The fourth-order valence-electron chi connectivity index (χ4n) is 1.74. The smallest absolute Gasteiger partial charge is 0.323 e. The number of carbonyl (C=O) groups is 2. The molecule has 1 aromatic rings. The number of methoxy groups -OCH3 is 1. The minimum Gasteiger partial charge on any atom is -0.493 e. The summed E-state index contributed by atoms with van der Waals surface area (Å²) in [5, 5.41) is 8.80. The first kappa shape index (κ1) is 16.6. The van der Waals surface area contributed by atoms with Crippen molar-refractivity contribution in [3.63, 3.8) is 0 Å². The number of carboxylic acid groups (broad SMARTS) is 1. The average Bonchev–Trinajstić information content (AvgIpc) is 2.49. The Morgan fingerprint density at radius 1 is 1.38 bits per heavy atom. The van der Waals surface area contributed by atoms with Crippen LogP contribution < -0.4 is 9.47 Å². The summed E-state index contributed by atoms with van der Waals surface area (Å²) in [6.07, 6.45) is 1.60. The lowest BCUT2D eigenvalue weighted by Gasteiger charge is -2.19. The summed E-state index contributed by atoms with van der Waals surface area (Å²) in [6, 6.07) is 4.73. The van der Waals surface area contributed by atoms with Gasteiger partial charge in [0.2, 0.25) is 0 Å². The van der Waals surface area contributed by atoms with Crippen molar-refractivity contribution in [3.8, 4) is 11.5 Å². The molecule has 0 spiro atoms. The molecule has 0 saturated carbocycles. The first-order valence-corrected chi connectivity index (χ1v) is 6.46. The van der Waals surface area contributed by atoms with Crippen molar-refractivity contribution in [1.29, 1.82) is 0 Å². The highest BCUT2D eigenvalue weighted by Crippen LogP contribution is 2.28. The number of rotatable bonds is 8. The fourth-order valence-corrected chi connectivity index (χ4v) is 1.74. The summed E-state index contributed by atoms with van der Waals surface area (Å²) in [6.45, 7) is 5.57. The molecule has 1 amide bonds. The van der Waals surface area contributed by atoms with Gasteiger partial charge in [-0.2, -0.15) is 0 Å². The molecule has 1 N–H and O–H groups in total. The Hall–Kier alpha value is -2.50. The van der Waals surface area contributed by atoms with Gasteiger partial charge in [-0.3, -0.25) is 9.59 Å². The van der Waals surface area contributed by atoms with Crippen LogP contribution in [0, 0.1) is 0 Å². The highest BCUT2D eigenvalue weighted by molar-refractivity contribution is 5.96. The molecule has 0 heterocycles. The van der Waals surface area contributed by atoms with Crippen molar-refractivity contribution in [2.45, 2.75) is 6.92 Å². The summed E-state index contributed by atoms with van der Waals surface area (Å²) in [5.41, 5.74) is 0.348. The summed E-state index contributed by atoms with van der Waals surface area (Å²) < 4.78 is 10.6. The first-order valence-electron chi connectivity index (χ1n) is 6.46. The number of likely N-dealkylation sites (N-methyl/N-ethyl adjacent to an activating group) is 1. The van der Waals surface area contributed by atoms with Crippen LogP contribution in [0.4, 0.5) is 0 Å². The largest absolute Gasteiger partial charge is 0.493 e. The zero-order valence-electron chi connectivity index (χ0n) is 12.2. The van der Waals surface area contributed by atoms with Crippen molar-refractivity contribution >= 4 is 11.9 Å². The van der Waals surface area contributed by atoms with Crippen LogP contribution in [0.15, 0.2) is 30.9 Å². The van der Waals surface area contributed by atoms with E-state index in [1.54, 1.807) is 25.1 Å². The summed E-state index contributed by atoms with van der Waals surface area (Å²) in [5.74, 6) is -0.513. The minimum atomic E-state index is -1.05. The van der Waals surface area contributed by atoms with Crippen molar-refractivity contribution in [1.82, 2.24) is 4.90 Å².